The summed E-state index contributed by atoms with van der Waals surface area (Å²) in [5.41, 5.74) is 9.94. The predicted molar refractivity (Wildman–Crippen MR) is 105 cm³/mol. The number of likely N-dealkylation sites (tertiary alicyclic amines) is 1. The fraction of sp³-hybridized carbons (Fsp3) is 0.611. The summed E-state index contributed by atoms with van der Waals surface area (Å²) < 4.78 is 24.7. The summed E-state index contributed by atoms with van der Waals surface area (Å²) in [5, 5.41) is 4.56. The number of hydrogen-bond acceptors (Lipinski definition) is 7. The molecule has 2 aromatic rings. The van der Waals surface area contributed by atoms with Crippen LogP contribution in [0.4, 0.5) is 5.95 Å². The van der Waals surface area contributed by atoms with Gasteiger partial charge in [0.05, 0.1) is 23.7 Å². The van der Waals surface area contributed by atoms with E-state index in [2.05, 4.69) is 20.0 Å². The van der Waals surface area contributed by atoms with Crippen molar-refractivity contribution in [3.05, 3.63) is 34.9 Å². The van der Waals surface area contributed by atoms with E-state index >= 15 is 0 Å². The van der Waals surface area contributed by atoms with E-state index in [4.69, 9.17) is 5.73 Å². The SMILES string of the molecule is Cc1nn(CCS(C)(=O)=O)c(C)c1CN1CCCC(c2ccnc(N)n2)C1. The lowest BCUT2D eigenvalue weighted by Gasteiger charge is -2.32. The van der Waals surface area contributed by atoms with Crippen LogP contribution in [0.3, 0.4) is 0 Å². The van der Waals surface area contributed by atoms with Gasteiger partial charge in [-0.1, -0.05) is 0 Å². The highest BCUT2D eigenvalue weighted by atomic mass is 32.2. The summed E-state index contributed by atoms with van der Waals surface area (Å²) in [5.74, 6) is 0.781. The third-order valence-corrected chi connectivity index (χ3v) is 6.13. The first kappa shape index (κ1) is 19.8. The highest BCUT2D eigenvalue weighted by Crippen LogP contribution is 2.27. The monoisotopic (exact) mass is 392 g/mol. The lowest BCUT2D eigenvalue weighted by Crippen LogP contribution is -2.34. The average molecular weight is 393 g/mol. The third kappa shape index (κ3) is 5.04. The van der Waals surface area contributed by atoms with E-state index < -0.39 is 9.84 Å². The topological polar surface area (TPSA) is 107 Å². The summed E-state index contributed by atoms with van der Waals surface area (Å²) in [6.45, 7) is 7.17. The number of nitrogens with zero attached hydrogens (tertiary/aromatic N) is 5. The van der Waals surface area contributed by atoms with Gasteiger partial charge in [-0.2, -0.15) is 5.10 Å². The number of rotatable bonds is 6. The fourth-order valence-corrected chi connectivity index (χ4v) is 4.22. The normalized spacial score (nSPS) is 18.7. The zero-order valence-electron chi connectivity index (χ0n) is 16.2. The molecule has 2 aromatic heterocycles. The van der Waals surface area contributed by atoms with Gasteiger partial charge in [-0.05, 0) is 39.3 Å². The average Bonchev–Trinajstić information content (AvgIpc) is 2.87. The first-order valence-electron chi connectivity index (χ1n) is 9.24. The van der Waals surface area contributed by atoms with Crippen molar-refractivity contribution < 1.29 is 8.42 Å². The molecule has 0 spiro atoms. The summed E-state index contributed by atoms with van der Waals surface area (Å²) >= 11 is 0. The molecule has 0 radical (unpaired) electrons. The minimum absolute atomic E-state index is 0.106. The molecule has 1 saturated heterocycles. The highest BCUT2D eigenvalue weighted by molar-refractivity contribution is 7.90. The van der Waals surface area contributed by atoms with Gasteiger partial charge in [0.15, 0.2) is 0 Å². The molecule has 0 amide bonds. The largest absolute Gasteiger partial charge is 0.368 e. The van der Waals surface area contributed by atoms with Gasteiger partial charge >= 0.3 is 0 Å². The van der Waals surface area contributed by atoms with Gasteiger partial charge in [0.1, 0.15) is 9.84 Å². The molecular formula is C18H28N6O2S. The van der Waals surface area contributed by atoms with Crippen molar-refractivity contribution in [3.8, 4) is 0 Å². The Balaban J connectivity index is 1.70. The molecule has 3 heterocycles. The molecule has 1 aliphatic rings. The minimum Gasteiger partial charge on any atom is -0.368 e. The highest BCUT2D eigenvalue weighted by Gasteiger charge is 2.24. The summed E-state index contributed by atoms with van der Waals surface area (Å²) in [6.07, 6.45) is 5.18. The number of piperidine rings is 1. The van der Waals surface area contributed by atoms with E-state index in [1.54, 1.807) is 6.20 Å². The van der Waals surface area contributed by atoms with E-state index in [1.165, 1.54) is 11.8 Å². The Morgan fingerprint density at radius 3 is 2.81 bits per heavy atom. The number of aromatic nitrogens is 4. The Bertz CT molecular complexity index is 909. The van der Waals surface area contributed by atoms with Crippen LogP contribution in [-0.2, 0) is 22.9 Å². The van der Waals surface area contributed by atoms with E-state index in [0.29, 0.717) is 18.4 Å². The maximum atomic E-state index is 11.5. The predicted octanol–water partition coefficient (Wildman–Crippen LogP) is 1.30. The Labute approximate surface area is 160 Å². The molecule has 1 unspecified atom stereocenters. The summed E-state index contributed by atoms with van der Waals surface area (Å²) in [7, 11) is -3.00. The van der Waals surface area contributed by atoms with Gasteiger partial charge in [-0.25, -0.2) is 18.4 Å². The molecule has 0 bridgehead atoms. The number of nitrogen functional groups attached to an aromatic ring is 1. The number of sulfone groups is 1. The molecule has 148 valence electrons. The van der Waals surface area contributed by atoms with Crippen molar-refractivity contribution in [1.29, 1.82) is 0 Å². The molecule has 1 fully saturated rings. The van der Waals surface area contributed by atoms with Gasteiger partial charge in [0.2, 0.25) is 5.95 Å². The van der Waals surface area contributed by atoms with Gasteiger partial charge < -0.3 is 5.73 Å². The Morgan fingerprint density at radius 2 is 2.11 bits per heavy atom. The van der Waals surface area contributed by atoms with Crippen molar-refractivity contribution >= 4 is 15.8 Å². The Kier molecular flexibility index (Phi) is 5.81. The molecule has 0 aliphatic carbocycles. The van der Waals surface area contributed by atoms with Crippen molar-refractivity contribution in [2.45, 2.75) is 45.7 Å². The third-order valence-electron chi connectivity index (χ3n) is 5.21. The zero-order chi connectivity index (χ0) is 19.6. The number of nitrogens with two attached hydrogens (primary N) is 1. The van der Waals surface area contributed by atoms with Gasteiger partial charge in [0.25, 0.3) is 0 Å². The number of hydrogen-bond donors (Lipinski definition) is 1. The number of aryl methyl sites for hydroxylation is 2. The lowest BCUT2D eigenvalue weighted by molar-refractivity contribution is 0.198. The van der Waals surface area contributed by atoms with Crippen molar-refractivity contribution in [2.75, 3.05) is 30.8 Å². The fourth-order valence-electron chi connectivity index (χ4n) is 3.71. The maximum Gasteiger partial charge on any atom is 0.220 e. The van der Waals surface area contributed by atoms with Crippen LogP contribution in [0.1, 0.15) is 41.4 Å². The van der Waals surface area contributed by atoms with Crippen molar-refractivity contribution in [3.63, 3.8) is 0 Å². The molecule has 3 rings (SSSR count). The van der Waals surface area contributed by atoms with Gasteiger partial charge in [-0.15, -0.1) is 0 Å². The zero-order valence-corrected chi connectivity index (χ0v) is 17.0. The standard InChI is InChI=1S/C18H28N6O2S/c1-13-16(14(2)24(22-13)9-10-27(3,25)26)12-23-8-4-5-15(11-23)17-6-7-20-18(19)21-17/h6-7,15H,4-5,8-12H2,1-3H3,(H2,19,20,21). The van der Waals surface area contributed by atoms with E-state index in [0.717, 1.165) is 49.6 Å². The summed E-state index contributed by atoms with van der Waals surface area (Å²) in [4.78, 5) is 10.8. The Hall–Kier alpha value is -2.00. The van der Waals surface area contributed by atoms with Crippen LogP contribution in [0.5, 0.6) is 0 Å². The van der Waals surface area contributed by atoms with Crippen LogP contribution < -0.4 is 5.73 Å². The molecule has 27 heavy (non-hydrogen) atoms. The molecule has 0 aromatic carbocycles. The smallest absolute Gasteiger partial charge is 0.220 e. The second-order valence-electron chi connectivity index (χ2n) is 7.42. The van der Waals surface area contributed by atoms with Crippen LogP contribution in [-0.4, -0.2) is 58.2 Å². The molecule has 2 N–H and O–H groups in total. The van der Waals surface area contributed by atoms with Crippen molar-refractivity contribution in [1.82, 2.24) is 24.6 Å². The quantitative estimate of drug-likeness (QED) is 0.789. The van der Waals surface area contributed by atoms with Crippen molar-refractivity contribution in [2.24, 2.45) is 0 Å². The van der Waals surface area contributed by atoms with Gasteiger partial charge in [-0.3, -0.25) is 9.58 Å². The van der Waals surface area contributed by atoms with E-state index in [-0.39, 0.29) is 5.75 Å². The molecule has 9 heteroatoms. The Morgan fingerprint density at radius 1 is 1.33 bits per heavy atom. The van der Waals surface area contributed by atoms with Gasteiger partial charge in [0, 0.05) is 42.7 Å². The minimum atomic E-state index is -3.00. The van der Waals surface area contributed by atoms with Crippen LogP contribution in [0.25, 0.3) is 0 Å². The van der Waals surface area contributed by atoms with Crippen LogP contribution in [0.2, 0.25) is 0 Å². The lowest BCUT2D eigenvalue weighted by atomic mass is 9.94. The second-order valence-corrected chi connectivity index (χ2v) is 9.68. The van der Waals surface area contributed by atoms with E-state index in [1.807, 2.05) is 24.6 Å². The maximum absolute atomic E-state index is 11.5. The molecule has 8 nitrogen and oxygen atoms in total. The van der Waals surface area contributed by atoms with Crippen LogP contribution in [0, 0.1) is 13.8 Å². The molecular weight excluding hydrogens is 364 g/mol. The number of anilines is 1. The molecule has 1 atom stereocenters. The molecule has 0 saturated carbocycles. The van der Waals surface area contributed by atoms with Crippen LogP contribution >= 0.6 is 0 Å². The summed E-state index contributed by atoms with van der Waals surface area (Å²) in [6, 6.07) is 1.95. The van der Waals surface area contributed by atoms with E-state index in [9.17, 15) is 8.42 Å². The van der Waals surface area contributed by atoms with Crippen LogP contribution in [0.15, 0.2) is 12.3 Å². The molecule has 1 aliphatic heterocycles. The second kappa shape index (κ2) is 7.93. The first-order chi connectivity index (χ1) is 12.7. The first-order valence-corrected chi connectivity index (χ1v) is 11.3.